The third kappa shape index (κ3) is 2.00. The Balaban J connectivity index is 1.71. The molecule has 0 nitrogen and oxygen atoms in total. The number of rotatable bonds is 1. The summed E-state index contributed by atoms with van der Waals surface area (Å²) in [6.45, 7) is 0. The van der Waals surface area contributed by atoms with E-state index >= 15 is 0 Å². The minimum atomic E-state index is 0.148. The first kappa shape index (κ1) is 14.2. The predicted octanol–water partition coefficient (Wildman–Crippen LogP) is 6.43. The zero-order valence-electron chi connectivity index (χ0n) is 12.7. The van der Waals surface area contributed by atoms with E-state index in [1.807, 2.05) is 0 Å². The van der Waals surface area contributed by atoms with Gasteiger partial charge >= 0.3 is 0 Å². The fraction of sp³-hybridized carbons (Fsp3) is 1.00. The van der Waals surface area contributed by atoms with Crippen LogP contribution in [0.25, 0.3) is 0 Å². The molecule has 0 aromatic heterocycles. The maximum absolute atomic E-state index is 6.99. The summed E-state index contributed by atoms with van der Waals surface area (Å²) in [5.74, 6) is 0. The molecule has 0 radical (unpaired) electrons. The highest BCUT2D eigenvalue weighted by atomic mass is 35.5. The van der Waals surface area contributed by atoms with Crippen LogP contribution in [0.15, 0.2) is 0 Å². The molecule has 0 atom stereocenters. The van der Waals surface area contributed by atoms with Gasteiger partial charge in [-0.15, -0.1) is 23.2 Å². The van der Waals surface area contributed by atoms with Gasteiger partial charge in [0.25, 0.3) is 0 Å². The van der Waals surface area contributed by atoms with Gasteiger partial charge in [-0.1, -0.05) is 25.7 Å². The second-order valence-corrected chi connectivity index (χ2v) is 10.2. The van der Waals surface area contributed by atoms with Gasteiger partial charge in [0.2, 0.25) is 0 Å². The molecular formula is C18H28Cl2. The van der Waals surface area contributed by atoms with E-state index in [4.69, 9.17) is 23.2 Å². The lowest BCUT2D eigenvalue weighted by Gasteiger charge is -2.64. The van der Waals surface area contributed by atoms with Crippen molar-refractivity contribution in [1.82, 2.24) is 0 Å². The Kier molecular flexibility index (Phi) is 3.22. The van der Waals surface area contributed by atoms with Crippen molar-refractivity contribution >= 4 is 23.2 Å². The van der Waals surface area contributed by atoms with Crippen LogP contribution in [-0.2, 0) is 0 Å². The van der Waals surface area contributed by atoms with Gasteiger partial charge in [0.15, 0.2) is 0 Å². The average molecular weight is 315 g/mol. The van der Waals surface area contributed by atoms with Gasteiger partial charge in [-0.05, 0) is 75.0 Å². The van der Waals surface area contributed by atoms with Crippen LogP contribution in [0.3, 0.4) is 0 Å². The molecule has 20 heavy (non-hydrogen) atoms. The molecule has 114 valence electrons. The molecule has 4 rings (SSSR count). The Morgan fingerprint density at radius 3 is 1.05 bits per heavy atom. The molecule has 2 heteroatoms. The van der Waals surface area contributed by atoms with E-state index in [2.05, 4.69) is 0 Å². The van der Waals surface area contributed by atoms with Crippen LogP contribution in [-0.4, -0.2) is 9.75 Å². The lowest BCUT2D eigenvalue weighted by atomic mass is 9.43. The van der Waals surface area contributed by atoms with Crippen LogP contribution in [0.4, 0.5) is 0 Å². The predicted molar refractivity (Wildman–Crippen MR) is 86.7 cm³/mol. The Hall–Kier alpha value is 0.580. The standard InChI is InChI=1S/C18H28Cl2/c19-17-9-1-5-15(13-17,6-2-10-17)16-7-3-11-18(20,14-16)12-4-8-16/h1-14H2. The van der Waals surface area contributed by atoms with E-state index in [0.29, 0.717) is 10.8 Å². The van der Waals surface area contributed by atoms with Crippen molar-refractivity contribution in [3.63, 3.8) is 0 Å². The van der Waals surface area contributed by atoms with Crippen molar-refractivity contribution in [2.45, 2.75) is 99.6 Å². The van der Waals surface area contributed by atoms with Crippen molar-refractivity contribution < 1.29 is 0 Å². The normalized spacial score (nSPS) is 55.5. The van der Waals surface area contributed by atoms with E-state index in [-0.39, 0.29) is 9.75 Å². The van der Waals surface area contributed by atoms with Crippen molar-refractivity contribution in [3.8, 4) is 0 Å². The molecule has 4 aliphatic rings. The van der Waals surface area contributed by atoms with Crippen molar-refractivity contribution in [3.05, 3.63) is 0 Å². The largest absolute Gasteiger partial charge is 0.119 e. The Bertz CT molecular complexity index is 342. The zero-order chi connectivity index (χ0) is 13.9. The number of halogens is 2. The minimum Gasteiger partial charge on any atom is -0.119 e. The van der Waals surface area contributed by atoms with Crippen molar-refractivity contribution in [2.75, 3.05) is 0 Å². The SMILES string of the molecule is ClC12CCCC(C34CCCC(Cl)(CCC3)C4)(CCC1)C2. The molecule has 4 fully saturated rings. The second-order valence-electron chi connectivity index (χ2n) is 8.63. The quantitative estimate of drug-likeness (QED) is 0.489. The maximum Gasteiger partial charge on any atom is 0.0452 e. The van der Waals surface area contributed by atoms with Crippen LogP contribution in [0, 0.1) is 10.8 Å². The van der Waals surface area contributed by atoms with E-state index < -0.39 is 0 Å². The molecule has 4 saturated carbocycles. The van der Waals surface area contributed by atoms with E-state index in [9.17, 15) is 0 Å². The van der Waals surface area contributed by atoms with Crippen LogP contribution >= 0.6 is 23.2 Å². The monoisotopic (exact) mass is 314 g/mol. The van der Waals surface area contributed by atoms with Crippen LogP contribution in [0.5, 0.6) is 0 Å². The third-order valence-corrected chi connectivity index (χ3v) is 8.58. The van der Waals surface area contributed by atoms with E-state index in [1.54, 1.807) is 0 Å². The summed E-state index contributed by atoms with van der Waals surface area (Å²) >= 11 is 14.0. The number of fused-ring (bicyclic) bond motifs is 5. The van der Waals surface area contributed by atoms with Crippen LogP contribution in [0.1, 0.15) is 89.9 Å². The molecule has 0 spiro atoms. The summed E-state index contributed by atoms with van der Waals surface area (Å²) in [4.78, 5) is 0.296. The fourth-order valence-corrected chi connectivity index (χ4v) is 7.88. The number of hydrogen-bond donors (Lipinski definition) is 0. The molecule has 4 aliphatic carbocycles. The first-order valence-corrected chi connectivity index (χ1v) is 9.63. The zero-order valence-corrected chi connectivity index (χ0v) is 14.2. The molecule has 0 amide bonds. The Morgan fingerprint density at radius 1 is 0.450 bits per heavy atom. The minimum absolute atomic E-state index is 0.148. The first-order chi connectivity index (χ1) is 9.49. The highest BCUT2D eigenvalue weighted by molar-refractivity contribution is 6.24. The maximum atomic E-state index is 6.99. The van der Waals surface area contributed by atoms with Gasteiger partial charge < -0.3 is 0 Å². The fourth-order valence-electron chi connectivity index (χ4n) is 6.83. The van der Waals surface area contributed by atoms with Gasteiger partial charge in [-0.3, -0.25) is 0 Å². The number of hydrogen-bond acceptors (Lipinski definition) is 0. The lowest BCUT2D eigenvalue weighted by molar-refractivity contribution is -0.0986. The smallest absolute Gasteiger partial charge is 0.0452 e. The van der Waals surface area contributed by atoms with E-state index in [1.165, 1.54) is 89.9 Å². The highest BCUT2D eigenvalue weighted by Gasteiger charge is 2.61. The lowest BCUT2D eigenvalue weighted by Crippen LogP contribution is -2.56. The summed E-state index contributed by atoms with van der Waals surface area (Å²) in [5.41, 5.74) is 1.10. The summed E-state index contributed by atoms with van der Waals surface area (Å²) in [5, 5.41) is 0. The molecule has 4 bridgehead atoms. The summed E-state index contributed by atoms with van der Waals surface area (Å²) in [7, 11) is 0. The molecule has 0 aliphatic heterocycles. The summed E-state index contributed by atoms with van der Waals surface area (Å²) in [6.07, 6.45) is 18.9. The van der Waals surface area contributed by atoms with Crippen LogP contribution < -0.4 is 0 Å². The van der Waals surface area contributed by atoms with Gasteiger partial charge in [0.1, 0.15) is 0 Å². The molecule has 0 heterocycles. The average Bonchev–Trinajstić information content (AvgIpc) is 2.37. The highest BCUT2D eigenvalue weighted by Crippen LogP contribution is 2.69. The molecule has 0 unspecified atom stereocenters. The van der Waals surface area contributed by atoms with Crippen molar-refractivity contribution in [2.24, 2.45) is 10.8 Å². The van der Waals surface area contributed by atoms with Crippen molar-refractivity contribution in [1.29, 1.82) is 0 Å². The van der Waals surface area contributed by atoms with Gasteiger partial charge in [0, 0.05) is 9.75 Å². The Morgan fingerprint density at radius 2 is 0.750 bits per heavy atom. The van der Waals surface area contributed by atoms with E-state index in [0.717, 1.165) is 0 Å². The molecular weight excluding hydrogens is 287 g/mol. The topological polar surface area (TPSA) is 0 Å². The first-order valence-electron chi connectivity index (χ1n) is 8.87. The summed E-state index contributed by atoms with van der Waals surface area (Å²) < 4.78 is 0. The summed E-state index contributed by atoms with van der Waals surface area (Å²) in [6, 6.07) is 0. The van der Waals surface area contributed by atoms with Gasteiger partial charge in [0.05, 0.1) is 0 Å². The van der Waals surface area contributed by atoms with Gasteiger partial charge in [-0.2, -0.15) is 0 Å². The molecule has 0 saturated heterocycles. The van der Waals surface area contributed by atoms with Crippen LogP contribution in [0.2, 0.25) is 0 Å². The van der Waals surface area contributed by atoms with Gasteiger partial charge in [-0.25, -0.2) is 0 Å². The second kappa shape index (κ2) is 4.54. The molecule has 0 N–H and O–H groups in total. The third-order valence-electron chi connectivity index (χ3n) is 7.56. The molecule has 0 aromatic carbocycles. The Labute approximate surface area is 134 Å². The molecule has 0 aromatic rings. The number of alkyl halides is 2.